The molecule has 6 nitrogen and oxygen atoms in total. The Bertz CT molecular complexity index is 1790. The molecule has 5 aromatic rings. The van der Waals surface area contributed by atoms with Crippen molar-refractivity contribution in [1.82, 2.24) is 9.13 Å². The van der Waals surface area contributed by atoms with E-state index in [-0.39, 0.29) is 21.5 Å². The summed E-state index contributed by atoms with van der Waals surface area (Å²) in [5.74, 6) is 0. The maximum Gasteiger partial charge on any atom is 0.266 e. The van der Waals surface area contributed by atoms with Crippen molar-refractivity contribution in [3.05, 3.63) is 117 Å². The van der Waals surface area contributed by atoms with Gasteiger partial charge in [0.25, 0.3) is 22.2 Å². The Balaban J connectivity index is 1.67. The van der Waals surface area contributed by atoms with Gasteiger partial charge in [-0.05, 0) is 92.1 Å². The van der Waals surface area contributed by atoms with Gasteiger partial charge in [0.05, 0.1) is 27.2 Å². The van der Waals surface area contributed by atoms with E-state index in [1.54, 1.807) is 0 Å². The predicted molar refractivity (Wildman–Crippen MR) is 140 cm³/mol. The van der Waals surface area contributed by atoms with Crippen LogP contribution >= 0.6 is 0 Å². The summed E-state index contributed by atoms with van der Waals surface area (Å²) in [6.07, 6.45) is 0.747. The first-order chi connectivity index (χ1) is 16.5. The van der Waals surface area contributed by atoms with Gasteiger partial charge < -0.3 is 0 Å². The Morgan fingerprint density at radius 3 is 1.34 bits per heavy atom. The summed E-state index contributed by atoms with van der Waals surface area (Å²) in [6, 6.07) is 11.2. The molecule has 0 bridgehead atoms. The van der Waals surface area contributed by atoms with Gasteiger partial charge in [-0.3, -0.25) is 23.7 Å². The number of rotatable bonds is 3. The van der Waals surface area contributed by atoms with E-state index >= 15 is 0 Å². The molecule has 0 N–H and O–H groups in total. The molecule has 35 heavy (non-hydrogen) atoms. The van der Waals surface area contributed by atoms with Gasteiger partial charge in [-0.15, -0.1) is 0 Å². The quantitative estimate of drug-likeness (QED) is 0.407. The van der Waals surface area contributed by atoms with Crippen molar-refractivity contribution in [2.75, 3.05) is 0 Å². The van der Waals surface area contributed by atoms with Gasteiger partial charge in [0.15, 0.2) is 0 Å². The first kappa shape index (κ1) is 22.7. The molecule has 0 saturated heterocycles. The SMILES string of the molecule is Cc1cc(Cc2cc(C)c(-n3c(=O)c4cc5c(=O)n(C)c(=O)c5cc4c3=O)c(C)c2)cc(C)c1C. The predicted octanol–water partition coefficient (Wildman–Crippen LogP) is 3.57. The minimum Gasteiger partial charge on any atom is -0.277 e. The molecule has 0 aliphatic carbocycles. The highest BCUT2D eigenvalue weighted by atomic mass is 16.2. The average Bonchev–Trinajstić information content (AvgIpc) is 3.16. The number of nitrogens with zero attached hydrogens (tertiary/aromatic N) is 2. The number of aryl methyl sites for hydroxylation is 4. The van der Waals surface area contributed by atoms with E-state index in [0.717, 1.165) is 27.7 Å². The van der Waals surface area contributed by atoms with Crippen molar-refractivity contribution >= 4 is 21.5 Å². The van der Waals surface area contributed by atoms with Crippen LogP contribution in [0.25, 0.3) is 27.2 Å². The normalized spacial score (nSPS) is 11.7. The standard InChI is InChI=1S/C29H26N2O4/c1-14-7-19(8-15(2)18(14)5)11-20-9-16(3)25(17(4)10-20)31-28(34)23-12-21-22(13-24(23)29(31)35)27(33)30(6)26(21)32/h7-10,12-13H,11H2,1-6H3. The molecule has 0 amide bonds. The van der Waals surface area contributed by atoms with Crippen molar-refractivity contribution in [3.63, 3.8) is 0 Å². The topological polar surface area (TPSA) is 78.1 Å². The Labute approximate surface area is 201 Å². The van der Waals surface area contributed by atoms with Crippen molar-refractivity contribution < 1.29 is 0 Å². The third kappa shape index (κ3) is 3.32. The van der Waals surface area contributed by atoms with E-state index in [2.05, 4.69) is 32.9 Å². The summed E-state index contributed by atoms with van der Waals surface area (Å²) in [6.45, 7) is 10.1. The molecule has 0 fully saturated rings. The minimum atomic E-state index is -0.480. The van der Waals surface area contributed by atoms with Gasteiger partial charge in [-0.25, -0.2) is 4.57 Å². The highest BCUT2D eigenvalue weighted by Gasteiger charge is 2.21. The van der Waals surface area contributed by atoms with E-state index in [9.17, 15) is 19.2 Å². The van der Waals surface area contributed by atoms with Crippen LogP contribution in [0.3, 0.4) is 0 Å². The van der Waals surface area contributed by atoms with Crippen LogP contribution in [-0.4, -0.2) is 9.13 Å². The smallest absolute Gasteiger partial charge is 0.266 e. The third-order valence-electron chi connectivity index (χ3n) is 7.26. The molecule has 2 aromatic heterocycles. The first-order valence-electron chi connectivity index (χ1n) is 11.6. The fourth-order valence-corrected chi connectivity index (χ4v) is 5.26. The van der Waals surface area contributed by atoms with Crippen LogP contribution in [-0.2, 0) is 13.5 Å². The summed E-state index contributed by atoms with van der Waals surface area (Å²) >= 11 is 0. The Hall–Kier alpha value is -4.06. The zero-order valence-corrected chi connectivity index (χ0v) is 20.7. The number of hydrogen-bond donors (Lipinski definition) is 0. The van der Waals surface area contributed by atoms with Crippen LogP contribution < -0.4 is 22.2 Å². The van der Waals surface area contributed by atoms with Gasteiger partial charge >= 0.3 is 0 Å². The molecule has 0 radical (unpaired) electrons. The summed E-state index contributed by atoms with van der Waals surface area (Å²) in [7, 11) is 1.39. The van der Waals surface area contributed by atoms with Crippen LogP contribution in [0.15, 0.2) is 55.6 Å². The van der Waals surface area contributed by atoms with Crippen molar-refractivity contribution in [3.8, 4) is 5.69 Å². The molecule has 6 heteroatoms. The molecular weight excluding hydrogens is 440 g/mol. The summed E-state index contributed by atoms with van der Waals surface area (Å²) in [4.78, 5) is 51.5. The van der Waals surface area contributed by atoms with Crippen molar-refractivity contribution in [1.29, 1.82) is 0 Å². The number of hydrogen-bond acceptors (Lipinski definition) is 4. The monoisotopic (exact) mass is 466 g/mol. The molecule has 0 saturated carbocycles. The van der Waals surface area contributed by atoms with E-state index < -0.39 is 22.2 Å². The number of fused-ring (bicyclic) bond motifs is 2. The van der Waals surface area contributed by atoms with Crippen LogP contribution in [0.4, 0.5) is 0 Å². The average molecular weight is 467 g/mol. The number of benzene rings is 3. The Morgan fingerprint density at radius 1 is 0.543 bits per heavy atom. The molecule has 0 unspecified atom stereocenters. The summed E-state index contributed by atoms with van der Waals surface area (Å²) in [5, 5.41) is 0.621. The molecule has 0 atom stereocenters. The largest absolute Gasteiger partial charge is 0.277 e. The lowest BCUT2D eigenvalue weighted by molar-refractivity contribution is 0.856. The molecule has 2 heterocycles. The second-order valence-electron chi connectivity index (χ2n) is 9.67. The molecule has 0 aliphatic rings. The lowest BCUT2D eigenvalue weighted by atomic mass is 9.94. The minimum absolute atomic E-state index is 0.152. The molecule has 176 valence electrons. The van der Waals surface area contributed by atoms with Crippen LogP contribution in [0, 0.1) is 34.6 Å². The highest BCUT2D eigenvalue weighted by Crippen LogP contribution is 2.24. The summed E-state index contributed by atoms with van der Waals surface area (Å²) in [5.41, 5.74) is 6.40. The van der Waals surface area contributed by atoms with Gasteiger partial charge in [0.1, 0.15) is 0 Å². The van der Waals surface area contributed by atoms with Crippen LogP contribution in [0.5, 0.6) is 0 Å². The van der Waals surface area contributed by atoms with Crippen LogP contribution in [0.1, 0.15) is 38.9 Å². The van der Waals surface area contributed by atoms with Gasteiger partial charge in [-0.2, -0.15) is 0 Å². The molecule has 5 rings (SSSR count). The van der Waals surface area contributed by atoms with E-state index in [1.165, 1.54) is 46.0 Å². The fourth-order valence-electron chi connectivity index (χ4n) is 5.26. The summed E-state index contributed by atoms with van der Waals surface area (Å²) < 4.78 is 2.17. The Morgan fingerprint density at radius 2 is 0.914 bits per heavy atom. The molecule has 0 aliphatic heterocycles. The van der Waals surface area contributed by atoms with Crippen LogP contribution in [0.2, 0.25) is 0 Å². The zero-order chi connectivity index (χ0) is 25.3. The molecular formula is C29H26N2O4. The lowest BCUT2D eigenvalue weighted by Crippen LogP contribution is -2.25. The molecule has 0 spiro atoms. The Kier molecular flexibility index (Phi) is 5.02. The number of aromatic nitrogens is 2. The molecule has 3 aromatic carbocycles. The lowest BCUT2D eigenvalue weighted by Gasteiger charge is -2.14. The van der Waals surface area contributed by atoms with E-state index in [1.807, 2.05) is 26.0 Å². The highest BCUT2D eigenvalue weighted by molar-refractivity contribution is 5.98. The zero-order valence-electron chi connectivity index (χ0n) is 20.7. The third-order valence-corrected chi connectivity index (χ3v) is 7.26. The van der Waals surface area contributed by atoms with E-state index in [0.29, 0.717) is 5.69 Å². The van der Waals surface area contributed by atoms with Crippen molar-refractivity contribution in [2.24, 2.45) is 7.05 Å². The first-order valence-corrected chi connectivity index (χ1v) is 11.6. The second-order valence-corrected chi connectivity index (χ2v) is 9.67. The van der Waals surface area contributed by atoms with Gasteiger partial charge in [-0.1, -0.05) is 24.3 Å². The van der Waals surface area contributed by atoms with Crippen molar-refractivity contribution in [2.45, 2.75) is 41.0 Å². The van der Waals surface area contributed by atoms with Gasteiger partial charge in [0, 0.05) is 7.05 Å². The maximum atomic E-state index is 13.4. The van der Waals surface area contributed by atoms with E-state index in [4.69, 9.17) is 0 Å². The maximum absolute atomic E-state index is 13.4. The van der Waals surface area contributed by atoms with Gasteiger partial charge in [0.2, 0.25) is 0 Å². The second kappa shape index (κ2) is 7.73. The fraction of sp³-hybridized carbons (Fsp3) is 0.241.